The molecule has 1 amide bonds. The molecule has 0 radical (unpaired) electrons. The van der Waals surface area contributed by atoms with E-state index in [4.69, 9.17) is 0 Å². The van der Waals surface area contributed by atoms with Crippen molar-refractivity contribution in [3.63, 3.8) is 0 Å². The van der Waals surface area contributed by atoms with Crippen molar-refractivity contribution in [2.75, 3.05) is 6.54 Å². The van der Waals surface area contributed by atoms with Crippen LogP contribution in [0.2, 0.25) is 0 Å². The summed E-state index contributed by atoms with van der Waals surface area (Å²) in [5, 5.41) is -5.88. The maximum atomic E-state index is 13.8. The summed E-state index contributed by atoms with van der Waals surface area (Å²) in [4.78, 5) is 11.3. The van der Waals surface area contributed by atoms with E-state index in [1.807, 2.05) is 6.92 Å². The van der Waals surface area contributed by atoms with E-state index in [-0.39, 0.29) is 12.8 Å². The van der Waals surface area contributed by atoms with Crippen molar-refractivity contribution in [2.45, 2.75) is 105 Å². The van der Waals surface area contributed by atoms with E-state index in [1.165, 1.54) is 0 Å². The average molecular weight is 620 g/mol. The molecule has 0 saturated heterocycles. The van der Waals surface area contributed by atoms with Gasteiger partial charge in [-0.2, -0.15) is 70.2 Å². The molecule has 0 aliphatic carbocycles. The lowest BCUT2D eigenvalue weighted by Gasteiger charge is -2.42. The van der Waals surface area contributed by atoms with Gasteiger partial charge in [0, 0.05) is 6.54 Å². The molecular weight excluding hydrogens is 598 g/mol. The number of hydrogen-bond donors (Lipinski definition) is 1. The van der Waals surface area contributed by atoms with Gasteiger partial charge in [0.1, 0.15) is 0 Å². The normalized spacial score (nSPS) is 15.1. The second kappa shape index (κ2) is 12.0. The Balaban J connectivity index is 5.79. The molecule has 228 valence electrons. The third-order valence-corrected chi connectivity index (χ3v) is 5.56. The molecule has 0 aromatic heterocycles. The fourth-order valence-corrected chi connectivity index (χ4v) is 3.00. The van der Waals surface area contributed by atoms with Crippen LogP contribution in [0.5, 0.6) is 0 Å². The van der Waals surface area contributed by atoms with Crippen LogP contribution in [0.25, 0.3) is 0 Å². The van der Waals surface area contributed by atoms with Gasteiger partial charge in [0.15, 0.2) is 0 Å². The number of unbranched alkanes of at least 4 members (excludes halogenated alkanes) is 7. The fraction of sp³-hybridized carbons (Fsp3) is 0.947. The van der Waals surface area contributed by atoms with Gasteiger partial charge in [-0.15, -0.1) is 0 Å². The first-order chi connectivity index (χ1) is 16.7. The molecule has 0 aromatic carbocycles. The van der Waals surface area contributed by atoms with Gasteiger partial charge in [-0.05, 0) is 18.0 Å². The Labute approximate surface area is 210 Å². The number of amides is 1. The predicted octanol–water partition coefficient (Wildman–Crippen LogP) is 8.52. The van der Waals surface area contributed by atoms with E-state index >= 15 is 0 Å². The lowest BCUT2D eigenvalue weighted by atomic mass is 9.89. The molecule has 0 spiro atoms. The highest BCUT2D eigenvalue weighted by Gasteiger charge is 2.95. The first-order valence-electron chi connectivity index (χ1n) is 10.7. The number of halogens is 17. The molecule has 0 bridgehead atoms. The summed E-state index contributed by atoms with van der Waals surface area (Å²) < 4.78 is 214. The van der Waals surface area contributed by atoms with Crippen molar-refractivity contribution in [3.8, 4) is 0 Å². The highest BCUT2D eigenvalue weighted by molar-refractivity contribution is 6.22. The molecule has 0 heterocycles. The Morgan fingerprint density at radius 2 is 0.842 bits per heavy atom. The Morgan fingerprint density at radius 3 is 1.21 bits per heavy atom. The molecule has 0 fully saturated rings. The average Bonchev–Trinajstić information content (AvgIpc) is 2.76. The molecule has 1 N–H and O–H groups in total. The van der Waals surface area contributed by atoms with Crippen LogP contribution in [0.1, 0.15) is 58.3 Å². The number of carbonyl (C=O) groups excluding carboxylic acids is 1. The minimum absolute atomic E-state index is 0.184. The van der Waals surface area contributed by atoms with Crippen LogP contribution in [0, 0.1) is 0 Å². The van der Waals surface area contributed by atoms with Crippen LogP contribution in [-0.2, 0) is 4.79 Å². The van der Waals surface area contributed by atoms with Crippen molar-refractivity contribution in [1.29, 1.82) is 0 Å². The maximum Gasteiger partial charge on any atom is 0.393 e. The van der Waals surface area contributed by atoms with Crippen LogP contribution in [0.4, 0.5) is 70.2 Å². The zero-order valence-electron chi connectivity index (χ0n) is 19.2. The summed E-state index contributed by atoms with van der Waals surface area (Å²) in [5.74, 6) is -60.0. The number of carbonyl (C=O) groups is 1. The summed E-state index contributed by atoms with van der Waals surface area (Å²) >= 11 is 3.44. The molecule has 0 saturated carbocycles. The predicted molar refractivity (Wildman–Crippen MR) is 101 cm³/mol. The van der Waals surface area contributed by atoms with E-state index < -0.39 is 59.3 Å². The van der Waals surface area contributed by atoms with Gasteiger partial charge in [-0.25, -0.2) is 0 Å². The summed E-state index contributed by atoms with van der Waals surface area (Å²) in [6.07, 6.45) is 4.53. The topological polar surface area (TPSA) is 29.1 Å². The lowest BCUT2D eigenvalue weighted by Crippen LogP contribution is -2.75. The third kappa shape index (κ3) is 6.34. The third-order valence-electron chi connectivity index (χ3n) is 5.32. The molecule has 0 aromatic rings. The van der Waals surface area contributed by atoms with Crippen LogP contribution in [0.3, 0.4) is 0 Å². The zero-order chi connectivity index (χ0) is 30.6. The summed E-state index contributed by atoms with van der Waals surface area (Å²) in [6.45, 7) is 1.01. The monoisotopic (exact) mass is 619 g/mol. The highest BCUT2D eigenvalue weighted by Crippen LogP contribution is 2.64. The molecule has 0 aliphatic rings. The molecular formula is C19H22ClF16NO. The van der Waals surface area contributed by atoms with Crippen LogP contribution in [-0.4, -0.2) is 59.3 Å². The van der Waals surface area contributed by atoms with E-state index in [2.05, 4.69) is 11.6 Å². The number of rotatable bonds is 17. The van der Waals surface area contributed by atoms with Crippen molar-refractivity contribution in [1.82, 2.24) is 5.32 Å². The fourth-order valence-electron chi connectivity index (χ4n) is 2.88. The van der Waals surface area contributed by atoms with Crippen LogP contribution in [0.15, 0.2) is 0 Å². The second-order valence-electron chi connectivity index (χ2n) is 8.25. The van der Waals surface area contributed by atoms with Crippen LogP contribution >= 0.6 is 11.6 Å². The number of hydrogen-bond acceptors (Lipinski definition) is 1. The Bertz CT molecular complexity index is 781. The summed E-state index contributed by atoms with van der Waals surface area (Å²) in [6, 6.07) is 0. The van der Waals surface area contributed by atoms with Crippen molar-refractivity contribution in [2.24, 2.45) is 0 Å². The van der Waals surface area contributed by atoms with Gasteiger partial charge < -0.3 is 5.32 Å². The van der Waals surface area contributed by atoms with Crippen molar-refractivity contribution in [3.05, 3.63) is 0 Å². The Morgan fingerprint density at radius 1 is 0.526 bits per heavy atom. The van der Waals surface area contributed by atoms with Crippen LogP contribution < -0.4 is 5.32 Å². The van der Waals surface area contributed by atoms with E-state index in [0.29, 0.717) is 12.8 Å². The molecule has 2 nitrogen and oxygen atoms in total. The van der Waals surface area contributed by atoms with E-state index in [1.54, 1.807) is 0 Å². The van der Waals surface area contributed by atoms with Gasteiger partial charge in [0.2, 0.25) is 0 Å². The number of nitrogens with one attached hydrogen (secondary N) is 1. The molecule has 0 rings (SSSR count). The Hall–Kier alpha value is -1.36. The van der Waals surface area contributed by atoms with Gasteiger partial charge in [0.25, 0.3) is 5.91 Å². The SMILES string of the molecule is CCCCCCCCCCNC(=O)C(F)(F)C(F)(F)C(F)(F)C(F)(F)C(F)(F)C(F)(F)C(F)(F)C(F)(F)Cl. The zero-order valence-corrected chi connectivity index (χ0v) is 20.0. The van der Waals surface area contributed by atoms with Gasteiger partial charge in [0.05, 0.1) is 0 Å². The first-order valence-corrected chi connectivity index (χ1v) is 11.1. The lowest BCUT2D eigenvalue weighted by molar-refractivity contribution is -0.446. The van der Waals surface area contributed by atoms with Crippen molar-refractivity contribution < 1.29 is 75.0 Å². The van der Waals surface area contributed by atoms with E-state index in [0.717, 1.165) is 31.0 Å². The quantitative estimate of drug-likeness (QED) is 0.0987. The Kier molecular flexibility index (Phi) is 11.6. The van der Waals surface area contributed by atoms with Gasteiger partial charge in [-0.1, -0.05) is 51.9 Å². The minimum Gasteiger partial charge on any atom is -0.351 e. The molecule has 0 atom stereocenters. The number of alkyl halides is 17. The largest absolute Gasteiger partial charge is 0.393 e. The molecule has 0 aliphatic heterocycles. The summed E-state index contributed by atoms with van der Waals surface area (Å²) in [7, 11) is 0. The van der Waals surface area contributed by atoms with E-state index in [9.17, 15) is 75.0 Å². The highest BCUT2D eigenvalue weighted by atomic mass is 35.5. The summed E-state index contributed by atoms with van der Waals surface area (Å²) in [5.41, 5.74) is 0. The standard InChI is InChI=1S/C19H22ClF16NO/c1-2-3-4-5-6-7-8-9-10-37-11(38)12(21,22)13(23,24)14(25,26)15(27,28)16(29,30)17(31,32)18(33,34)19(20,35)36/h2-10H2,1H3,(H,37,38). The van der Waals surface area contributed by atoms with Gasteiger partial charge >= 0.3 is 46.8 Å². The molecule has 19 heteroatoms. The minimum atomic E-state index is -8.58. The smallest absolute Gasteiger partial charge is 0.351 e. The van der Waals surface area contributed by atoms with Gasteiger partial charge in [-0.3, -0.25) is 4.79 Å². The first kappa shape index (κ1) is 36.6. The molecule has 38 heavy (non-hydrogen) atoms. The second-order valence-corrected chi connectivity index (χ2v) is 8.72. The molecule has 0 unspecified atom stereocenters. The van der Waals surface area contributed by atoms with Crippen molar-refractivity contribution >= 4 is 17.5 Å². The maximum absolute atomic E-state index is 13.8.